The van der Waals surface area contributed by atoms with Gasteiger partial charge in [0, 0.05) is 28.3 Å². The van der Waals surface area contributed by atoms with E-state index in [1.807, 2.05) is 54.6 Å². The highest BCUT2D eigenvalue weighted by atomic mass is 32.2. The summed E-state index contributed by atoms with van der Waals surface area (Å²) in [6, 6.07) is 20.7. The molecular formula is C23H21N3O3S. The molecule has 0 saturated carbocycles. The summed E-state index contributed by atoms with van der Waals surface area (Å²) in [5.41, 5.74) is 2.91. The Morgan fingerprint density at radius 3 is 2.27 bits per heavy atom. The van der Waals surface area contributed by atoms with Crippen LogP contribution in [-0.4, -0.2) is 32.0 Å². The number of sulfone groups is 1. The SMILES string of the molecule is COc1ccc(Nc2nnc(-c3ccc(C)c(S(C)(=O)=O)c3)c3ccccc23)cc1. The molecule has 0 aliphatic carbocycles. The third-order valence-electron chi connectivity index (χ3n) is 4.90. The molecule has 1 aromatic heterocycles. The lowest BCUT2D eigenvalue weighted by atomic mass is 10.0. The van der Waals surface area contributed by atoms with Crippen molar-refractivity contribution in [2.45, 2.75) is 11.8 Å². The number of aryl methyl sites for hydroxylation is 1. The van der Waals surface area contributed by atoms with Crippen LogP contribution in [0.25, 0.3) is 22.0 Å². The van der Waals surface area contributed by atoms with Crippen LogP contribution in [0.2, 0.25) is 0 Å². The van der Waals surface area contributed by atoms with Gasteiger partial charge in [-0.1, -0.05) is 36.4 Å². The normalized spacial score (nSPS) is 11.4. The van der Waals surface area contributed by atoms with E-state index < -0.39 is 9.84 Å². The number of anilines is 2. The summed E-state index contributed by atoms with van der Waals surface area (Å²) >= 11 is 0. The summed E-state index contributed by atoms with van der Waals surface area (Å²) in [6.45, 7) is 1.78. The van der Waals surface area contributed by atoms with Crippen LogP contribution in [-0.2, 0) is 9.84 Å². The number of rotatable bonds is 5. The van der Waals surface area contributed by atoms with Gasteiger partial charge in [-0.25, -0.2) is 8.42 Å². The maximum Gasteiger partial charge on any atom is 0.175 e. The first-order valence-electron chi connectivity index (χ1n) is 9.34. The van der Waals surface area contributed by atoms with E-state index in [0.29, 0.717) is 27.5 Å². The lowest BCUT2D eigenvalue weighted by Gasteiger charge is -2.12. The van der Waals surface area contributed by atoms with Crippen LogP contribution in [0, 0.1) is 6.92 Å². The first kappa shape index (κ1) is 19.8. The maximum absolute atomic E-state index is 12.1. The van der Waals surface area contributed by atoms with Crippen LogP contribution in [0.4, 0.5) is 11.5 Å². The van der Waals surface area contributed by atoms with Crippen molar-refractivity contribution in [3.05, 3.63) is 72.3 Å². The van der Waals surface area contributed by atoms with Crippen molar-refractivity contribution < 1.29 is 13.2 Å². The molecule has 0 radical (unpaired) electrons. The molecule has 4 aromatic rings. The van der Waals surface area contributed by atoms with Gasteiger partial charge in [0.25, 0.3) is 0 Å². The van der Waals surface area contributed by atoms with Gasteiger partial charge in [-0.2, -0.15) is 0 Å². The van der Waals surface area contributed by atoms with Gasteiger partial charge in [-0.15, -0.1) is 10.2 Å². The zero-order valence-electron chi connectivity index (χ0n) is 16.9. The maximum atomic E-state index is 12.1. The molecule has 0 aliphatic heterocycles. The summed E-state index contributed by atoms with van der Waals surface area (Å²) in [7, 11) is -1.72. The number of ether oxygens (including phenoxy) is 1. The molecule has 30 heavy (non-hydrogen) atoms. The van der Waals surface area contributed by atoms with E-state index in [1.165, 1.54) is 6.26 Å². The van der Waals surface area contributed by atoms with Crippen LogP contribution >= 0.6 is 0 Å². The fraction of sp³-hybridized carbons (Fsp3) is 0.130. The van der Waals surface area contributed by atoms with Crippen molar-refractivity contribution in [2.24, 2.45) is 0 Å². The second kappa shape index (κ2) is 7.76. The van der Waals surface area contributed by atoms with E-state index in [0.717, 1.165) is 22.2 Å². The lowest BCUT2D eigenvalue weighted by Crippen LogP contribution is -2.02. The van der Waals surface area contributed by atoms with E-state index in [4.69, 9.17) is 4.74 Å². The van der Waals surface area contributed by atoms with E-state index in [2.05, 4.69) is 15.5 Å². The average molecular weight is 420 g/mol. The number of aromatic nitrogens is 2. The van der Waals surface area contributed by atoms with Gasteiger partial charge in [-0.05, 0) is 42.8 Å². The van der Waals surface area contributed by atoms with Crippen LogP contribution in [0.3, 0.4) is 0 Å². The predicted molar refractivity (Wildman–Crippen MR) is 119 cm³/mol. The summed E-state index contributed by atoms with van der Waals surface area (Å²) in [6.07, 6.45) is 1.21. The van der Waals surface area contributed by atoms with E-state index in [1.54, 1.807) is 26.2 Å². The van der Waals surface area contributed by atoms with Gasteiger partial charge in [0.05, 0.1) is 12.0 Å². The molecule has 0 atom stereocenters. The van der Waals surface area contributed by atoms with Crippen LogP contribution in [0.1, 0.15) is 5.56 Å². The largest absolute Gasteiger partial charge is 0.497 e. The van der Waals surface area contributed by atoms with Crippen molar-refractivity contribution in [1.82, 2.24) is 10.2 Å². The average Bonchev–Trinajstić information content (AvgIpc) is 2.74. The van der Waals surface area contributed by atoms with Gasteiger partial charge in [-0.3, -0.25) is 0 Å². The zero-order valence-corrected chi connectivity index (χ0v) is 17.7. The monoisotopic (exact) mass is 419 g/mol. The molecular weight excluding hydrogens is 398 g/mol. The fourth-order valence-corrected chi connectivity index (χ4v) is 4.36. The quantitative estimate of drug-likeness (QED) is 0.502. The van der Waals surface area contributed by atoms with Crippen LogP contribution < -0.4 is 10.1 Å². The zero-order chi connectivity index (χ0) is 21.3. The molecule has 0 amide bonds. The highest BCUT2D eigenvalue weighted by Gasteiger charge is 2.16. The molecule has 0 aliphatic rings. The molecule has 152 valence electrons. The van der Waals surface area contributed by atoms with Crippen LogP contribution in [0.5, 0.6) is 5.75 Å². The fourth-order valence-electron chi connectivity index (χ4n) is 3.37. The number of methoxy groups -OCH3 is 1. The lowest BCUT2D eigenvalue weighted by molar-refractivity contribution is 0.415. The highest BCUT2D eigenvalue weighted by molar-refractivity contribution is 7.90. The number of nitrogens with one attached hydrogen (secondary N) is 1. The number of benzene rings is 3. The van der Waals surface area contributed by atoms with Gasteiger partial charge in [0.2, 0.25) is 0 Å². The summed E-state index contributed by atoms with van der Waals surface area (Å²) in [4.78, 5) is 0.298. The minimum atomic E-state index is -3.34. The topological polar surface area (TPSA) is 81.2 Å². The van der Waals surface area contributed by atoms with Crippen molar-refractivity contribution in [2.75, 3.05) is 18.7 Å². The third kappa shape index (κ3) is 3.84. The second-order valence-corrected chi connectivity index (χ2v) is 9.03. The van der Waals surface area contributed by atoms with E-state index in [9.17, 15) is 8.42 Å². The highest BCUT2D eigenvalue weighted by Crippen LogP contribution is 2.32. The smallest absolute Gasteiger partial charge is 0.175 e. The molecule has 0 bridgehead atoms. The summed E-state index contributed by atoms with van der Waals surface area (Å²) in [5, 5.41) is 13.9. The predicted octanol–water partition coefficient (Wildman–Crippen LogP) is 4.76. The van der Waals surface area contributed by atoms with Crippen molar-refractivity contribution >= 4 is 32.1 Å². The number of fused-ring (bicyclic) bond motifs is 1. The minimum Gasteiger partial charge on any atom is -0.497 e. The van der Waals surface area contributed by atoms with E-state index >= 15 is 0 Å². The molecule has 1 heterocycles. The van der Waals surface area contributed by atoms with Gasteiger partial charge >= 0.3 is 0 Å². The standard InChI is InChI=1S/C23H21N3O3S/c1-15-8-9-16(14-21(15)30(3,27)28)22-19-6-4-5-7-20(19)23(26-25-22)24-17-10-12-18(29-2)13-11-17/h4-14H,1-3H3,(H,24,26). The molecule has 0 fully saturated rings. The molecule has 4 rings (SSSR count). The minimum absolute atomic E-state index is 0.298. The Labute approximate surface area is 175 Å². The molecule has 6 nitrogen and oxygen atoms in total. The third-order valence-corrected chi connectivity index (χ3v) is 6.14. The molecule has 1 N–H and O–H groups in total. The Hall–Kier alpha value is -3.45. The number of hydrogen-bond donors (Lipinski definition) is 1. The van der Waals surface area contributed by atoms with Gasteiger partial charge in [0.15, 0.2) is 15.7 Å². The Balaban J connectivity index is 1.81. The Kier molecular flexibility index (Phi) is 5.13. The van der Waals surface area contributed by atoms with Gasteiger partial charge < -0.3 is 10.1 Å². The Bertz CT molecular complexity index is 1330. The summed E-state index contributed by atoms with van der Waals surface area (Å²) < 4.78 is 29.5. The molecule has 0 unspecified atom stereocenters. The Morgan fingerprint density at radius 2 is 1.60 bits per heavy atom. The van der Waals surface area contributed by atoms with E-state index in [-0.39, 0.29) is 0 Å². The number of nitrogens with zero attached hydrogens (tertiary/aromatic N) is 2. The van der Waals surface area contributed by atoms with Crippen molar-refractivity contribution in [1.29, 1.82) is 0 Å². The first-order valence-corrected chi connectivity index (χ1v) is 11.2. The Morgan fingerprint density at radius 1 is 0.900 bits per heavy atom. The molecule has 7 heteroatoms. The molecule has 0 spiro atoms. The van der Waals surface area contributed by atoms with Crippen molar-refractivity contribution in [3.63, 3.8) is 0 Å². The van der Waals surface area contributed by atoms with Crippen LogP contribution in [0.15, 0.2) is 71.6 Å². The van der Waals surface area contributed by atoms with Crippen molar-refractivity contribution in [3.8, 4) is 17.0 Å². The molecule has 0 saturated heterocycles. The number of hydrogen-bond acceptors (Lipinski definition) is 6. The second-order valence-electron chi connectivity index (χ2n) is 7.05. The van der Waals surface area contributed by atoms with Gasteiger partial charge in [0.1, 0.15) is 11.4 Å². The molecule has 3 aromatic carbocycles. The first-order chi connectivity index (χ1) is 14.4. The summed E-state index contributed by atoms with van der Waals surface area (Å²) in [5.74, 6) is 1.39.